The highest BCUT2D eigenvalue weighted by atomic mass is 14.2. The smallest absolute Gasteiger partial charge is 0.0991 e. The molecular weight excluding hydrogens is 158 g/mol. The van der Waals surface area contributed by atoms with Gasteiger partial charge in [0.15, 0.2) is 0 Å². The van der Waals surface area contributed by atoms with Gasteiger partial charge in [-0.05, 0) is 24.5 Å². The van der Waals surface area contributed by atoms with Crippen molar-refractivity contribution in [1.29, 1.82) is 5.26 Å². The van der Waals surface area contributed by atoms with E-state index in [0.717, 1.165) is 0 Å². The van der Waals surface area contributed by atoms with Crippen molar-refractivity contribution in [3.8, 4) is 6.07 Å². The van der Waals surface area contributed by atoms with Crippen LogP contribution in [0.15, 0.2) is 36.0 Å². The summed E-state index contributed by atoms with van der Waals surface area (Å²) in [4.78, 5) is 0. The summed E-state index contributed by atoms with van der Waals surface area (Å²) in [6.45, 7) is 8.27. The van der Waals surface area contributed by atoms with Crippen molar-refractivity contribution in [3.63, 3.8) is 0 Å². The quantitative estimate of drug-likeness (QED) is 0.464. The topological polar surface area (TPSA) is 23.8 Å². The van der Waals surface area contributed by atoms with Gasteiger partial charge < -0.3 is 0 Å². The number of nitrogens with zero attached hydrogens (tertiary/aromatic N) is 1. The molecule has 13 heavy (non-hydrogen) atoms. The van der Waals surface area contributed by atoms with Crippen LogP contribution in [0.3, 0.4) is 0 Å². The molecule has 0 amide bonds. The first-order valence-corrected chi connectivity index (χ1v) is 4.42. The Labute approximate surface area is 81.1 Å². The van der Waals surface area contributed by atoms with E-state index in [1.165, 1.54) is 0 Å². The molecule has 0 aromatic rings. The Bertz CT molecular complexity index is 266. The monoisotopic (exact) mass is 175 g/mol. The Morgan fingerprint density at radius 2 is 1.92 bits per heavy atom. The number of hydrogen-bond acceptors (Lipinski definition) is 1. The molecule has 1 heteroatoms. The lowest BCUT2D eigenvalue weighted by Gasteiger charge is -2.09. The highest BCUT2D eigenvalue weighted by Gasteiger charge is 2.01. The van der Waals surface area contributed by atoms with Gasteiger partial charge in [0, 0.05) is 0 Å². The molecule has 0 N–H and O–H groups in total. The predicted octanol–water partition coefficient (Wildman–Crippen LogP) is 3.61. The molecule has 0 aliphatic carbocycles. The van der Waals surface area contributed by atoms with E-state index in [9.17, 15) is 0 Å². The van der Waals surface area contributed by atoms with Crippen LogP contribution < -0.4 is 0 Å². The SMILES string of the molecule is C\C=C/C(C#N)=C\C=C\C(C)(C)C. The first-order valence-electron chi connectivity index (χ1n) is 4.42. The Balaban J connectivity index is 4.42. The van der Waals surface area contributed by atoms with Crippen molar-refractivity contribution in [1.82, 2.24) is 0 Å². The third kappa shape index (κ3) is 7.08. The van der Waals surface area contributed by atoms with E-state index in [1.807, 2.05) is 25.2 Å². The molecule has 0 saturated heterocycles. The van der Waals surface area contributed by atoms with Crippen molar-refractivity contribution in [2.24, 2.45) is 5.41 Å². The number of nitriles is 1. The molecule has 1 nitrogen and oxygen atoms in total. The number of allylic oxidation sites excluding steroid dienone is 6. The Hall–Kier alpha value is -1.29. The van der Waals surface area contributed by atoms with Crippen LogP contribution in [0, 0.1) is 16.7 Å². The van der Waals surface area contributed by atoms with Crippen LogP contribution in [-0.2, 0) is 0 Å². The van der Waals surface area contributed by atoms with Crippen molar-refractivity contribution in [2.45, 2.75) is 27.7 Å². The molecule has 0 unspecified atom stereocenters. The van der Waals surface area contributed by atoms with Crippen molar-refractivity contribution >= 4 is 0 Å². The van der Waals surface area contributed by atoms with E-state index in [0.29, 0.717) is 5.57 Å². The molecule has 0 radical (unpaired) electrons. The second-order valence-electron chi connectivity index (χ2n) is 3.96. The lowest BCUT2D eigenvalue weighted by atomic mass is 9.96. The zero-order chi connectivity index (χ0) is 10.3. The molecular formula is C12H17N. The summed E-state index contributed by atoms with van der Waals surface area (Å²) in [5, 5.41) is 8.68. The molecule has 70 valence electrons. The first kappa shape index (κ1) is 11.7. The van der Waals surface area contributed by atoms with Crippen LogP contribution in [0.4, 0.5) is 0 Å². The molecule has 0 bridgehead atoms. The van der Waals surface area contributed by atoms with Gasteiger partial charge in [-0.3, -0.25) is 0 Å². The summed E-state index contributed by atoms with van der Waals surface area (Å²) >= 11 is 0. The summed E-state index contributed by atoms with van der Waals surface area (Å²) in [6.07, 6.45) is 9.49. The Morgan fingerprint density at radius 3 is 2.31 bits per heavy atom. The Morgan fingerprint density at radius 1 is 1.31 bits per heavy atom. The molecule has 0 aromatic heterocycles. The minimum atomic E-state index is 0.174. The normalized spacial score (nSPS) is 13.9. The van der Waals surface area contributed by atoms with Gasteiger partial charge in [-0.1, -0.05) is 39.0 Å². The van der Waals surface area contributed by atoms with Gasteiger partial charge in [0.1, 0.15) is 0 Å². The fourth-order valence-electron chi connectivity index (χ4n) is 0.750. The van der Waals surface area contributed by atoms with E-state index in [-0.39, 0.29) is 5.41 Å². The first-order chi connectivity index (χ1) is 5.99. The third-order valence-electron chi connectivity index (χ3n) is 1.35. The maximum Gasteiger partial charge on any atom is 0.0991 e. The van der Waals surface area contributed by atoms with E-state index < -0.39 is 0 Å². The second-order valence-corrected chi connectivity index (χ2v) is 3.96. The lowest BCUT2D eigenvalue weighted by molar-refractivity contribution is 0.544. The standard InChI is InChI=1S/C12H17N/c1-5-7-11(10-13)8-6-9-12(2,3)4/h5-9H,1-4H3/b7-5-,9-6+,11-8+. The summed E-state index contributed by atoms with van der Waals surface area (Å²) in [7, 11) is 0. The number of rotatable bonds is 2. The Kier molecular flexibility index (Phi) is 4.84. The van der Waals surface area contributed by atoms with Gasteiger partial charge in [-0.15, -0.1) is 0 Å². The van der Waals surface area contributed by atoms with Crippen LogP contribution >= 0.6 is 0 Å². The molecule has 0 rings (SSSR count). The lowest BCUT2D eigenvalue weighted by Crippen LogP contribution is -1.97. The predicted molar refractivity (Wildman–Crippen MR) is 57.1 cm³/mol. The molecule has 0 aromatic carbocycles. The van der Waals surface area contributed by atoms with Gasteiger partial charge in [-0.2, -0.15) is 5.26 Å². The minimum Gasteiger partial charge on any atom is -0.192 e. The van der Waals surface area contributed by atoms with E-state index in [1.54, 1.807) is 6.08 Å². The average Bonchev–Trinajstić information content (AvgIpc) is 2.01. The third-order valence-corrected chi connectivity index (χ3v) is 1.35. The second kappa shape index (κ2) is 5.37. The summed E-state index contributed by atoms with van der Waals surface area (Å²) in [5.74, 6) is 0. The summed E-state index contributed by atoms with van der Waals surface area (Å²) in [5.41, 5.74) is 0.857. The van der Waals surface area contributed by atoms with Crippen LogP contribution in [0.1, 0.15) is 27.7 Å². The van der Waals surface area contributed by atoms with Crippen molar-refractivity contribution in [2.75, 3.05) is 0 Å². The van der Waals surface area contributed by atoms with Gasteiger partial charge in [-0.25, -0.2) is 0 Å². The van der Waals surface area contributed by atoms with E-state index in [4.69, 9.17) is 5.26 Å². The zero-order valence-corrected chi connectivity index (χ0v) is 8.83. The number of hydrogen-bond donors (Lipinski definition) is 0. The highest BCUT2D eigenvalue weighted by Crippen LogP contribution is 2.14. The van der Waals surface area contributed by atoms with Gasteiger partial charge in [0.05, 0.1) is 11.6 Å². The van der Waals surface area contributed by atoms with E-state index >= 15 is 0 Å². The maximum atomic E-state index is 8.68. The average molecular weight is 175 g/mol. The molecule has 0 aliphatic heterocycles. The van der Waals surface area contributed by atoms with Crippen LogP contribution in [0.25, 0.3) is 0 Å². The van der Waals surface area contributed by atoms with Crippen LogP contribution in [-0.4, -0.2) is 0 Å². The molecule has 0 aliphatic rings. The maximum absolute atomic E-state index is 8.68. The zero-order valence-electron chi connectivity index (χ0n) is 8.83. The molecule has 0 atom stereocenters. The molecule has 0 spiro atoms. The summed E-state index contributed by atoms with van der Waals surface area (Å²) < 4.78 is 0. The van der Waals surface area contributed by atoms with E-state index in [2.05, 4.69) is 32.9 Å². The highest BCUT2D eigenvalue weighted by molar-refractivity contribution is 5.35. The van der Waals surface area contributed by atoms with Gasteiger partial charge in [0.25, 0.3) is 0 Å². The largest absolute Gasteiger partial charge is 0.192 e. The molecule has 0 saturated carbocycles. The molecule has 0 heterocycles. The van der Waals surface area contributed by atoms with Crippen molar-refractivity contribution < 1.29 is 0 Å². The van der Waals surface area contributed by atoms with Gasteiger partial charge in [0.2, 0.25) is 0 Å². The fraction of sp³-hybridized carbons (Fsp3) is 0.417. The summed E-state index contributed by atoms with van der Waals surface area (Å²) in [6, 6.07) is 2.11. The van der Waals surface area contributed by atoms with Crippen molar-refractivity contribution in [3.05, 3.63) is 36.0 Å². The minimum absolute atomic E-state index is 0.174. The molecule has 0 fully saturated rings. The van der Waals surface area contributed by atoms with Crippen LogP contribution in [0.5, 0.6) is 0 Å². The fourth-order valence-corrected chi connectivity index (χ4v) is 0.750. The van der Waals surface area contributed by atoms with Gasteiger partial charge >= 0.3 is 0 Å². The van der Waals surface area contributed by atoms with Crippen LogP contribution in [0.2, 0.25) is 0 Å².